The van der Waals surface area contributed by atoms with Gasteiger partial charge in [0.15, 0.2) is 0 Å². The van der Waals surface area contributed by atoms with E-state index in [4.69, 9.17) is 0 Å². The van der Waals surface area contributed by atoms with Crippen LogP contribution in [0.3, 0.4) is 0 Å². The molecule has 4 aliphatic carbocycles. The van der Waals surface area contributed by atoms with Crippen LogP contribution in [0.1, 0.15) is 112 Å². The Bertz CT molecular complexity index is 634. The highest BCUT2D eigenvalue weighted by Gasteiger charge is 2.57. The normalized spacial score (nSPS) is 45.3. The molecule has 0 radical (unpaired) electrons. The maximum Gasteiger partial charge on any atom is 0.0543 e. The van der Waals surface area contributed by atoms with Gasteiger partial charge in [-0.15, -0.1) is 0 Å². The molecule has 0 aromatic carbocycles. The maximum absolute atomic E-state index is 10.3. The number of hydrogen-bond acceptors (Lipinski definition) is 1. The van der Waals surface area contributed by atoms with Crippen LogP contribution in [0.25, 0.3) is 0 Å². The van der Waals surface area contributed by atoms with E-state index >= 15 is 0 Å². The molecular weight excluding hydrogens is 364 g/mol. The van der Waals surface area contributed by atoms with Crippen LogP contribution >= 0.6 is 0 Å². The van der Waals surface area contributed by atoms with Crippen molar-refractivity contribution in [2.45, 2.75) is 118 Å². The molecule has 1 nitrogen and oxygen atoms in total. The third-order valence-corrected chi connectivity index (χ3v) is 11.2. The van der Waals surface area contributed by atoms with E-state index in [2.05, 4.69) is 47.6 Å². The van der Waals surface area contributed by atoms with Gasteiger partial charge in [0.25, 0.3) is 0 Å². The van der Waals surface area contributed by atoms with E-state index in [0.29, 0.717) is 10.8 Å². The minimum Gasteiger partial charge on any atom is -0.393 e. The summed E-state index contributed by atoms with van der Waals surface area (Å²) in [5.41, 5.74) is 2.76. The molecule has 0 aromatic heterocycles. The van der Waals surface area contributed by atoms with E-state index in [-0.39, 0.29) is 6.10 Å². The van der Waals surface area contributed by atoms with Gasteiger partial charge >= 0.3 is 0 Å². The standard InChI is InChI=1S/C29H50O/c1-7-21(19(2)3)9-8-20(4)25-12-13-26-24-11-10-22-18-23(30)14-16-28(22,5)27(24)15-17-29(25,26)6/h15,19-26,30H,7-14,16-18H2,1-6H3/t20-,21-,22?,23+,24+,25-,26+,28+,29-/m1/s1. The molecule has 0 aliphatic heterocycles. The second kappa shape index (κ2) is 8.57. The Morgan fingerprint density at radius 3 is 2.50 bits per heavy atom. The molecule has 1 unspecified atom stereocenters. The predicted molar refractivity (Wildman–Crippen MR) is 128 cm³/mol. The minimum atomic E-state index is -0.0384. The largest absolute Gasteiger partial charge is 0.393 e. The molecule has 1 N–H and O–H groups in total. The van der Waals surface area contributed by atoms with Crippen LogP contribution in [0.15, 0.2) is 11.6 Å². The number of aliphatic hydroxyl groups is 1. The van der Waals surface area contributed by atoms with Gasteiger partial charge in [-0.3, -0.25) is 0 Å². The number of allylic oxidation sites excluding steroid dienone is 2. The number of aliphatic hydroxyl groups excluding tert-OH is 1. The average Bonchev–Trinajstić information content (AvgIpc) is 3.06. The SMILES string of the molecule is CC[C@H](CC[C@@H](C)[C@H]1CC[C@H]2[C@@H]3CCC4C[C@@H](O)CC[C@]4(C)C3=CC[C@]12C)C(C)C. The van der Waals surface area contributed by atoms with Gasteiger partial charge < -0.3 is 5.11 Å². The summed E-state index contributed by atoms with van der Waals surface area (Å²) in [4.78, 5) is 0. The molecule has 0 aromatic rings. The van der Waals surface area contributed by atoms with Crippen molar-refractivity contribution in [3.63, 3.8) is 0 Å². The third-order valence-electron chi connectivity index (χ3n) is 11.2. The zero-order chi connectivity index (χ0) is 21.7. The van der Waals surface area contributed by atoms with Gasteiger partial charge in [0.05, 0.1) is 6.10 Å². The summed E-state index contributed by atoms with van der Waals surface area (Å²) >= 11 is 0. The Morgan fingerprint density at radius 1 is 1.03 bits per heavy atom. The lowest BCUT2D eigenvalue weighted by molar-refractivity contribution is -0.0160. The van der Waals surface area contributed by atoms with E-state index in [9.17, 15) is 5.11 Å². The smallest absolute Gasteiger partial charge is 0.0543 e. The average molecular weight is 415 g/mol. The van der Waals surface area contributed by atoms with Crippen LogP contribution in [0, 0.1) is 52.3 Å². The monoisotopic (exact) mass is 414 g/mol. The Morgan fingerprint density at radius 2 is 1.80 bits per heavy atom. The van der Waals surface area contributed by atoms with Crippen LogP contribution < -0.4 is 0 Å². The lowest BCUT2D eigenvalue weighted by atomic mass is 9.48. The fraction of sp³-hybridized carbons (Fsp3) is 0.931. The van der Waals surface area contributed by atoms with Crippen LogP contribution in [0.5, 0.6) is 0 Å². The molecule has 0 saturated heterocycles. The van der Waals surface area contributed by atoms with E-state index in [1.165, 1.54) is 57.8 Å². The summed E-state index contributed by atoms with van der Waals surface area (Å²) in [5.74, 6) is 6.03. The molecule has 0 heterocycles. The molecule has 0 bridgehead atoms. The van der Waals surface area contributed by atoms with Crippen molar-refractivity contribution >= 4 is 0 Å². The van der Waals surface area contributed by atoms with Gasteiger partial charge in [0.2, 0.25) is 0 Å². The first-order valence-corrected chi connectivity index (χ1v) is 13.6. The number of hydrogen-bond donors (Lipinski definition) is 1. The maximum atomic E-state index is 10.3. The van der Waals surface area contributed by atoms with Crippen molar-refractivity contribution in [3.8, 4) is 0 Å². The summed E-state index contributed by atoms with van der Waals surface area (Å²) < 4.78 is 0. The van der Waals surface area contributed by atoms with E-state index < -0.39 is 0 Å². The quantitative estimate of drug-likeness (QED) is 0.436. The predicted octanol–water partition coefficient (Wildman–Crippen LogP) is 8.02. The molecule has 1 heteroatoms. The van der Waals surface area contributed by atoms with Gasteiger partial charge in [-0.1, -0.05) is 66.0 Å². The Balaban J connectivity index is 1.49. The highest BCUT2D eigenvalue weighted by Crippen LogP contribution is 2.66. The molecule has 4 rings (SSSR count). The highest BCUT2D eigenvalue weighted by atomic mass is 16.3. The lowest BCUT2D eigenvalue weighted by Gasteiger charge is -2.57. The Labute approximate surface area is 187 Å². The van der Waals surface area contributed by atoms with Crippen molar-refractivity contribution < 1.29 is 5.11 Å². The van der Waals surface area contributed by atoms with Gasteiger partial charge in [-0.05, 0) is 110 Å². The molecule has 0 amide bonds. The minimum absolute atomic E-state index is 0.0384. The van der Waals surface area contributed by atoms with Crippen LogP contribution in [-0.4, -0.2) is 11.2 Å². The number of fused-ring (bicyclic) bond motifs is 5. The first-order chi connectivity index (χ1) is 14.2. The lowest BCUT2D eigenvalue weighted by Crippen LogP contribution is -2.48. The third kappa shape index (κ3) is 3.74. The van der Waals surface area contributed by atoms with Crippen LogP contribution in [-0.2, 0) is 0 Å². The van der Waals surface area contributed by atoms with Crippen LogP contribution in [0.4, 0.5) is 0 Å². The van der Waals surface area contributed by atoms with Gasteiger partial charge in [-0.2, -0.15) is 0 Å². The van der Waals surface area contributed by atoms with E-state index in [1.807, 2.05) is 5.57 Å². The second-order valence-corrected chi connectivity index (χ2v) is 12.9. The van der Waals surface area contributed by atoms with Gasteiger partial charge in [0.1, 0.15) is 0 Å². The molecule has 30 heavy (non-hydrogen) atoms. The van der Waals surface area contributed by atoms with E-state index in [0.717, 1.165) is 54.3 Å². The summed E-state index contributed by atoms with van der Waals surface area (Å²) in [6.07, 6.45) is 17.2. The molecular formula is C29H50O. The summed E-state index contributed by atoms with van der Waals surface area (Å²) in [5, 5.41) is 10.3. The van der Waals surface area contributed by atoms with Gasteiger partial charge in [0, 0.05) is 0 Å². The van der Waals surface area contributed by atoms with Crippen molar-refractivity contribution in [2.75, 3.05) is 0 Å². The topological polar surface area (TPSA) is 20.2 Å². The molecule has 3 saturated carbocycles. The summed E-state index contributed by atoms with van der Waals surface area (Å²) in [7, 11) is 0. The highest BCUT2D eigenvalue weighted by molar-refractivity contribution is 5.29. The molecule has 4 aliphatic rings. The second-order valence-electron chi connectivity index (χ2n) is 12.9. The van der Waals surface area contributed by atoms with Crippen molar-refractivity contribution in [3.05, 3.63) is 11.6 Å². The Kier molecular flexibility index (Phi) is 6.53. The Hall–Kier alpha value is -0.300. The van der Waals surface area contributed by atoms with Gasteiger partial charge in [-0.25, -0.2) is 0 Å². The number of rotatable bonds is 6. The van der Waals surface area contributed by atoms with Crippen molar-refractivity contribution in [2.24, 2.45) is 52.3 Å². The van der Waals surface area contributed by atoms with Crippen molar-refractivity contribution in [1.29, 1.82) is 0 Å². The molecule has 0 spiro atoms. The zero-order valence-electron chi connectivity index (χ0n) is 20.9. The zero-order valence-corrected chi connectivity index (χ0v) is 20.9. The summed E-state index contributed by atoms with van der Waals surface area (Å²) in [6.45, 7) is 15.1. The first-order valence-electron chi connectivity index (χ1n) is 13.6. The van der Waals surface area contributed by atoms with E-state index in [1.54, 1.807) is 0 Å². The molecule has 9 atom stereocenters. The summed E-state index contributed by atoms with van der Waals surface area (Å²) in [6, 6.07) is 0. The fourth-order valence-electron chi connectivity index (χ4n) is 9.16. The molecule has 172 valence electrons. The fourth-order valence-corrected chi connectivity index (χ4v) is 9.16. The van der Waals surface area contributed by atoms with Crippen molar-refractivity contribution in [1.82, 2.24) is 0 Å². The van der Waals surface area contributed by atoms with Crippen LogP contribution in [0.2, 0.25) is 0 Å². The molecule has 3 fully saturated rings. The first kappa shape index (κ1) is 22.9.